The minimum Gasteiger partial charge on any atom is -0.381 e. The van der Waals surface area contributed by atoms with Crippen LogP contribution in [0, 0.1) is 5.41 Å². The number of rotatable bonds is 4. The van der Waals surface area contributed by atoms with E-state index >= 15 is 0 Å². The summed E-state index contributed by atoms with van der Waals surface area (Å²) in [6, 6.07) is 0. The van der Waals surface area contributed by atoms with Gasteiger partial charge in [0.2, 0.25) is 5.91 Å². The molecular formula is C14H26N2O2. The molecule has 0 radical (unpaired) electrons. The molecule has 0 saturated carbocycles. The van der Waals surface area contributed by atoms with Crippen LogP contribution < -0.4 is 5.32 Å². The second kappa shape index (κ2) is 6.53. The van der Waals surface area contributed by atoms with Crippen LogP contribution in [0.5, 0.6) is 0 Å². The van der Waals surface area contributed by atoms with Crippen LogP contribution in [0.4, 0.5) is 0 Å². The van der Waals surface area contributed by atoms with E-state index in [1.807, 2.05) is 11.8 Å². The first-order chi connectivity index (χ1) is 8.76. The van der Waals surface area contributed by atoms with E-state index in [2.05, 4.69) is 5.32 Å². The van der Waals surface area contributed by atoms with Gasteiger partial charge in [0, 0.05) is 19.7 Å². The molecule has 4 heteroatoms. The molecule has 0 atom stereocenters. The molecule has 0 unspecified atom stereocenters. The standard InChI is InChI=1S/C14H26N2O2/c1-2-18-12-3-13(17)16-10-6-14(7-11-16)4-8-15-9-5-14/h15H,2-12H2,1H3. The number of carbonyl (C=O) groups excluding carboxylic acids is 1. The van der Waals surface area contributed by atoms with Crippen molar-refractivity contribution >= 4 is 5.91 Å². The number of nitrogens with zero attached hydrogens (tertiary/aromatic N) is 1. The van der Waals surface area contributed by atoms with Crippen LogP contribution in [0.15, 0.2) is 0 Å². The minimum absolute atomic E-state index is 0.271. The maximum atomic E-state index is 12.0. The number of piperidine rings is 2. The zero-order valence-electron chi connectivity index (χ0n) is 11.5. The van der Waals surface area contributed by atoms with Crippen LogP contribution in [0.1, 0.15) is 39.0 Å². The van der Waals surface area contributed by atoms with E-state index in [0.717, 1.165) is 26.2 Å². The van der Waals surface area contributed by atoms with E-state index in [4.69, 9.17) is 4.74 Å². The Kier molecular flexibility index (Phi) is 5.01. The first kappa shape index (κ1) is 13.8. The maximum absolute atomic E-state index is 12.0. The van der Waals surface area contributed by atoms with Crippen molar-refractivity contribution in [1.82, 2.24) is 10.2 Å². The van der Waals surface area contributed by atoms with Gasteiger partial charge in [-0.15, -0.1) is 0 Å². The van der Waals surface area contributed by atoms with E-state index in [1.165, 1.54) is 25.7 Å². The molecule has 0 bridgehead atoms. The third kappa shape index (κ3) is 3.45. The minimum atomic E-state index is 0.271. The number of likely N-dealkylation sites (tertiary alicyclic amines) is 1. The Hall–Kier alpha value is -0.610. The van der Waals surface area contributed by atoms with Crippen LogP contribution in [0.25, 0.3) is 0 Å². The van der Waals surface area contributed by atoms with Gasteiger partial charge in [-0.2, -0.15) is 0 Å². The van der Waals surface area contributed by atoms with Gasteiger partial charge in [0.1, 0.15) is 0 Å². The molecule has 2 heterocycles. The molecule has 1 amide bonds. The number of ether oxygens (including phenoxy) is 1. The highest BCUT2D eigenvalue weighted by Crippen LogP contribution is 2.39. The fraction of sp³-hybridized carbons (Fsp3) is 0.929. The zero-order chi connectivity index (χ0) is 12.8. The summed E-state index contributed by atoms with van der Waals surface area (Å²) in [4.78, 5) is 14.0. The number of carbonyl (C=O) groups is 1. The third-order valence-electron chi connectivity index (χ3n) is 4.51. The largest absolute Gasteiger partial charge is 0.381 e. The summed E-state index contributed by atoms with van der Waals surface area (Å²) in [5.74, 6) is 0.271. The maximum Gasteiger partial charge on any atom is 0.224 e. The Bertz CT molecular complexity index is 265. The number of nitrogens with one attached hydrogen (secondary N) is 1. The molecule has 2 saturated heterocycles. The fourth-order valence-corrected chi connectivity index (χ4v) is 3.15. The quantitative estimate of drug-likeness (QED) is 0.771. The molecule has 2 aliphatic heterocycles. The Balaban J connectivity index is 1.73. The monoisotopic (exact) mass is 254 g/mol. The molecule has 104 valence electrons. The molecule has 2 fully saturated rings. The lowest BCUT2D eigenvalue weighted by Crippen LogP contribution is -2.47. The van der Waals surface area contributed by atoms with Crippen molar-refractivity contribution in [2.24, 2.45) is 5.41 Å². The van der Waals surface area contributed by atoms with E-state index in [9.17, 15) is 4.79 Å². The summed E-state index contributed by atoms with van der Waals surface area (Å²) in [5, 5.41) is 3.43. The normalized spacial score (nSPS) is 23.3. The van der Waals surface area contributed by atoms with Gasteiger partial charge in [-0.05, 0) is 51.1 Å². The molecular weight excluding hydrogens is 228 g/mol. The summed E-state index contributed by atoms with van der Waals surface area (Å²) >= 11 is 0. The lowest BCUT2D eigenvalue weighted by molar-refractivity contribution is -0.134. The SMILES string of the molecule is CCOCCC(=O)N1CCC2(CCNCC2)CC1. The van der Waals surface area contributed by atoms with Crippen LogP contribution in [-0.4, -0.2) is 50.2 Å². The average Bonchev–Trinajstić information content (AvgIpc) is 2.41. The Morgan fingerprint density at radius 2 is 1.89 bits per heavy atom. The molecule has 0 aromatic heterocycles. The van der Waals surface area contributed by atoms with Gasteiger partial charge in [-0.25, -0.2) is 0 Å². The van der Waals surface area contributed by atoms with Crippen LogP contribution in [0.2, 0.25) is 0 Å². The highest BCUT2D eigenvalue weighted by molar-refractivity contribution is 5.76. The third-order valence-corrected chi connectivity index (χ3v) is 4.51. The second-order valence-electron chi connectivity index (χ2n) is 5.58. The van der Waals surface area contributed by atoms with Gasteiger partial charge in [0.15, 0.2) is 0 Å². The highest BCUT2D eigenvalue weighted by Gasteiger charge is 2.36. The number of hydrogen-bond donors (Lipinski definition) is 1. The van der Waals surface area contributed by atoms with Crippen LogP contribution in [0.3, 0.4) is 0 Å². The molecule has 0 aliphatic carbocycles. The lowest BCUT2D eigenvalue weighted by atomic mass is 9.71. The van der Waals surface area contributed by atoms with Gasteiger partial charge in [0.05, 0.1) is 13.0 Å². The Morgan fingerprint density at radius 3 is 2.50 bits per heavy atom. The zero-order valence-corrected chi connectivity index (χ0v) is 11.5. The fourth-order valence-electron chi connectivity index (χ4n) is 3.15. The Morgan fingerprint density at radius 1 is 1.22 bits per heavy atom. The second-order valence-corrected chi connectivity index (χ2v) is 5.58. The summed E-state index contributed by atoms with van der Waals surface area (Å²) in [5.41, 5.74) is 0.530. The molecule has 2 rings (SSSR count). The topological polar surface area (TPSA) is 41.6 Å². The summed E-state index contributed by atoms with van der Waals surface area (Å²) in [6.45, 7) is 7.43. The Labute approximate surface area is 110 Å². The molecule has 0 aromatic carbocycles. The molecule has 4 nitrogen and oxygen atoms in total. The van der Waals surface area contributed by atoms with Gasteiger partial charge in [-0.3, -0.25) is 4.79 Å². The predicted octanol–water partition coefficient (Wildman–Crippen LogP) is 1.41. The van der Waals surface area contributed by atoms with E-state index in [0.29, 0.717) is 25.0 Å². The number of hydrogen-bond acceptors (Lipinski definition) is 3. The molecule has 2 aliphatic rings. The van der Waals surface area contributed by atoms with E-state index in [-0.39, 0.29) is 5.91 Å². The number of amides is 1. The molecule has 0 aromatic rings. The van der Waals surface area contributed by atoms with Crippen LogP contribution >= 0.6 is 0 Å². The first-order valence-corrected chi connectivity index (χ1v) is 7.32. The first-order valence-electron chi connectivity index (χ1n) is 7.32. The van der Waals surface area contributed by atoms with Gasteiger partial charge >= 0.3 is 0 Å². The van der Waals surface area contributed by atoms with Crippen molar-refractivity contribution in [3.05, 3.63) is 0 Å². The highest BCUT2D eigenvalue weighted by atomic mass is 16.5. The van der Waals surface area contributed by atoms with Crippen molar-refractivity contribution < 1.29 is 9.53 Å². The van der Waals surface area contributed by atoms with Crippen molar-refractivity contribution in [3.8, 4) is 0 Å². The van der Waals surface area contributed by atoms with Gasteiger partial charge in [-0.1, -0.05) is 0 Å². The van der Waals surface area contributed by atoms with E-state index < -0.39 is 0 Å². The summed E-state index contributed by atoms with van der Waals surface area (Å²) in [6.07, 6.45) is 5.49. The van der Waals surface area contributed by atoms with Crippen molar-refractivity contribution in [1.29, 1.82) is 0 Å². The predicted molar refractivity (Wildman–Crippen MR) is 71.5 cm³/mol. The van der Waals surface area contributed by atoms with Crippen molar-refractivity contribution in [2.75, 3.05) is 39.4 Å². The van der Waals surface area contributed by atoms with Crippen molar-refractivity contribution in [2.45, 2.75) is 39.0 Å². The average molecular weight is 254 g/mol. The summed E-state index contributed by atoms with van der Waals surface area (Å²) < 4.78 is 5.25. The van der Waals surface area contributed by atoms with Crippen LogP contribution in [-0.2, 0) is 9.53 Å². The van der Waals surface area contributed by atoms with Crippen molar-refractivity contribution in [3.63, 3.8) is 0 Å². The van der Waals surface area contributed by atoms with Gasteiger partial charge < -0.3 is 15.0 Å². The summed E-state index contributed by atoms with van der Waals surface area (Å²) in [7, 11) is 0. The van der Waals surface area contributed by atoms with E-state index in [1.54, 1.807) is 0 Å². The van der Waals surface area contributed by atoms with Gasteiger partial charge in [0.25, 0.3) is 0 Å². The molecule has 1 N–H and O–H groups in total. The lowest BCUT2D eigenvalue weighted by Gasteiger charge is -2.44. The smallest absolute Gasteiger partial charge is 0.224 e. The molecule has 1 spiro atoms. The molecule has 18 heavy (non-hydrogen) atoms.